The number of ether oxygens (including phenoxy) is 1. The Balaban J connectivity index is 1.75. The number of amides is 1. The van der Waals surface area contributed by atoms with Crippen molar-refractivity contribution in [2.45, 2.75) is 13.5 Å². The summed E-state index contributed by atoms with van der Waals surface area (Å²) in [6, 6.07) is 16.2. The Morgan fingerprint density at radius 2 is 1.86 bits per heavy atom. The summed E-state index contributed by atoms with van der Waals surface area (Å²) in [7, 11) is 1.58. The van der Waals surface area contributed by atoms with Gasteiger partial charge in [-0.15, -0.1) is 0 Å². The van der Waals surface area contributed by atoms with E-state index in [2.05, 4.69) is 15.6 Å². The lowest BCUT2D eigenvalue weighted by molar-refractivity contribution is -0.117. The van der Waals surface area contributed by atoms with Crippen molar-refractivity contribution >= 4 is 22.5 Å². The molecule has 2 heterocycles. The second kappa shape index (κ2) is 7.59. The summed E-state index contributed by atoms with van der Waals surface area (Å²) in [5.74, 6) is 0.810. The first-order valence-electron chi connectivity index (χ1n) is 8.93. The van der Waals surface area contributed by atoms with Crippen molar-refractivity contribution in [2.75, 3.05) is 12.4 Å². The summed E-state index contributed by atoms with van der Waals surface area (Å²) in [4.78, 5) is 25.2. The highest BCUT2D eigenvalue weighted by atomic mass is 16.5. The van der Waals surface area contributed by atoms with Gasteiger partial charge in [-0.2, -0.15) is 5.10 Å². The maximum absolute atomic E-state index is 12.8. The lowest BCUT2D eigenvalue weighted by Gasteiger charge is -2.10. The van der Waals surface area contributed by atoms with Crippen molar-refractivity contribution in [2.24, 2.45) is 0 Å². The summed E-state index contributed by atoms with van der Waals surface area (Å²) < 4.78 is 11.5. The second-order valence-electron chi connectivity index (χ2n) is 6.42. The maximum atomic E-state index is 12.8. The monoisotopic (exact) mass is 390 g/mol. The van der Waals surface area contributed by atoms with Gasteiger partial charge in [-0.25, -0.2) is 4.68 Å². The molecule has 0 spiro atoms. The van der Waals surface area contributed by atoms with E-state index < -0.39 is 5.56 Å². The molecule has 0 unspecified atom stereocenters. The third kappa shape index (κ3) is 3.60. The Kier molecular flexibility index (Phi) is 4.82. The Bertz CT molecular complexity index is 1230. The molecule has 8 heteroatoms. The number of nitrogens with zero attached hydrogens (tertiary/aromatic N) is 3. The predicted molar refractivity (Wildman–Crippen MR) is 108 cm³/mol. The van der Waals surface area contributed by atoms with Crippen LogP contribution in [0.1, 0.15) is 5.76 Å². The molecule has 146 valence electrons. The smallest absolute Gasteiger partial charge is 0.297 e. The SMILES string of the molecule is COc1ccc(-c2nn(CC(=O)Nc3ccccc3)c(=O)c3noc(C)c23)cc1. The van der Waals surface area contributed by atoms with E-state index in [1.54, 1.807) is 38.3 Å². The fourth-order valence-electron chi connectivity index (χ4n) is 3.05. The molecule has 0 saturated carbocycles. The van der Waals surface area contributed by atoms with Crippen LogP contribution in [0, 0.1) is 6.92 Å². The minimum Gasteiger partial charge on any atom is -0.497 e. The minimum atomic E-state index is -0.489. The van der Waals surface area contributed by atoms with Crippen molar-refractivity contribution in [1.82, 2.24) is 14.9 Å². The number of anilines is 1. The molecule has 2 aromatic heterocycles. The van der Waals surface area contributed by atoms with Crippen LogP contribution in [0.4, 0.5) is 5.69 Å². The summed E-state index contributed by atoms with van der Waals surface area (Å²) in [5, 5.41) is 11.6. The zero-order valence-corrected chi connectivity index (χ0v) is 15.9. The minimum absolute atomic E-state index is 0.135. The van der Waals surface area contributed by atoms with Crippen molar-refractivity contribution in [3.63, 3.8) is 0 Å². The number of hydrogen-bond acceptors (Lipinski definition) is 6. The molecule has 4 rings (SSSR count). The number of rotatable bonds is 5. The number of methoxy groups -OCH3 is 1. The number of benzene rings is 2. The Hall–Kier alpha value is -3.94. The third-order valence-electron chi connectivity index (χ3n) is 4.47. The average Bonchev–Trinajstić information content (AvgIpc) is 3.13. The molecule has 1 amide bonds. The number of hydrogen-bond donors (Lipinski definition) is 1. The first-order valence-corrected chi connectivity index (χ1v) is 8.93. The van der Waals surface area contributed by atoms with E-state index >= 15 is 0 Å². The van der Waals surface area contributed by atoms with Crippen LogP contribution in [0.5, 0.6) is 5.75 Å². The Morgan fingerprint density at radius 3 is 2.55 bits per heavy atom. The van der Waals surface area contributed by atoms with Gasteiger partial charge >= 0.3 is 0 Å². The summed E-state index contributed by atoms with van der Waals surface area (Å²) >= 11 is 0. The maximum Gasteiger partial charge on any atom is 0.297 e. The van der Waals surface area contributed by atoms with Gasteiger partial charge < -0.3 is 14.6 Å². The fraction of sp³-hybridized carbons (Fsp3) is 0.143. The highest BCUT2D eigenvalue weighted by molar-refractivity contribution is 5.94. The highest BCUT2D eigenvalue weighted by Crippen LogP contribution is 2.28. The number of carbonyl (C=O) groups excluding carboxylic acids is 1. The largest absolute Gasteiger partial charge is 0.497 e. The van der Waals surface area contributed by atoms with E-state index in [-0.39, 0.29) is 18.0 Å². The number of fused-ring (bicyclic) bond motifs is 1. The molecule has 0 aliphatic heterocycles. The van der Waals surface area contributed by atoms with Gasteiger partial charge in [-0.1, -0.05) is 23.4 Å². The highest BCUT2D eigenvalue weighted by Gasteiger charge is 2.20. The zero-order chi connectivity index (χ0) is 20.4. The quantitative estimate of drug-likeness (QED) is 0.562. The standard InChI is InChI=1S/C21H18N4O4/c1-13-18-19(14-8-10-16(28-2)11-9-14)23-25(21(27)20(18)24-29-13)12-17(26)22-15-6-4-3-5-7-15/h3-11H,12H2,1-2H3,(H,22,26). The van der Waals surface area contributed by atoms with Gasteiger partial charge in [0.25, 0.3) is 5.56 Å². The summed E-state index contributed by atoms with van der Waals surface area (Å²) in [6.07, 6.45) is 0. The lowest BCUT2D eigenvalue weighted by Crippen LogP contribution is -2.30. The van der Waals surface area contributed by atoms with Crippen LogP contribution in [0.3, 0.4) is 0 Å². The van der Waals surface area contributed by atoms with Gasteiger partial charge in [0.2, 0.25) is 5.91 Å². The number of carbonyl (C=O) groups is 1. The summed E-state index contributed by atoms with van der Waals surface area (Å²) in [6.45, 7) is 1.47. The van der Waals surface area contributed by atoms with Gasteiger partial charge in [-0.05, 0) is 43.3 Å². The average molecular weight is 390 g/mol. The zero-order valence-electron chi connectivity index (χ0n) is 15.9. The number of aromatic nitrogens is 3. The van der Waals surface area contributed by atoms with Crippen LogP contribution in [-0.4, -0.2) is 28.0 Å². The normalized spacial score (nSPS) is 10.8. The first-order chi connectivity index (χ1) is 14.1. The van der Waals surface area contributed by atoms with Crippen LogP contribution in [0.15, 0.2) is 63.9 Å². The molecule has 0 fully saturated rings. The van der Waals surface area contributed by atoms with Gasteiger partial charge in [0.15, 0.2) is 5.52 Å². The molecule has 29 heavy (non-hydrogen) atoms. The molecule has 0 radical (unpaired) electrons. The number of nitrogens with one attached hydrogen (secondary N) is 1. The van der Waals surface area contributed by atoms with Crippen molar-refractivity contribution < 1.29 is 14.1 Å². The van der Waals surface area contributed by atoms with Crippen LogP contribution in [-0.2, 0) is 11.3 Å². The molecule has 2 aromatic carbocycles. The number of aryl methyl sites for hydroxylation is 1. The topological polar surface area (TPSA) is 99.2 Å². The van der Waals surface area contributed by atoms with E-state index in [0.29, 0.717) is 28.3 Å². The molecule has 4 aromatic rings. The lowest BCUT2D eigenvalue weighted by atomic mass is 10.1. The molecule has 1 N–H and O–H groups in total. The first kappa shape index (κ1) is 18.4. The van der Waals surface area contributed by atoms with Crippen LogP contribution in [0.25, 0.3) is 22.2 Å². The molecular weight excluding hydrogens is 372 g/mol. The third-order valence-corrected chi connectivity index (χ3v) is 4.47. The van der Waals surface area contributed by atoms with Crippen LogP contribution >= 0.6 is 0 Å². The molecule has 0 aliphatic carbocycles. The van der Waals surface area contributed by atoms with Gasteiger partial charge in [0.05, 0.1) is 12.5 Å². The van der Waals surface area contributed by atoms with Crippen LogP contribution < -0.4 is 15.6 Å². The van der Waals surface area contributed by atoms with Gasteiger partial charge in [0, 0.05) is 11.3 Å². The van der Waals surface area contributed by atoms with Gasteiger partial charge in [0.1, 0.15) is 23.7 Å². The van der Waals surface area contributed by atoms with Crippen molar-refractivity contribution in [1.29, 1.82) is 0 Å². The molecule has 0 aliphatic rings. The van der Waals surface area contributed by atoms with Crippen molar-refractivity contribution in [3.8, 4) is 17.0 Å². The van der Waals surface area contributed by atoms with E-state index in [9.17, 15) is 9.59 Å². The molecule has 0 saturated heterocycles. The molecule has 8 nitrogen and oxygen atoms in total. The van der Waals surface area contributed by atoms with E-state index in [0.717, 1.165) is 10.2 Å². The second-order valence-corrected chi connectivity index (χ2v) is 6.42. The van der Waals surface area contributed by atoms with E-state index in [4.69, 9.17) is 9.26 Å². The Labute approximate surface area is 165 Å². The van der Waals surface area contributed by atoms with Gasteiger partial charge in [-0.3, -0.25) is 9.59 Å². The van der Waals surface area contributed by atoms with Crippen molar-refractivity contribution in [3.05, 3.63) is 70.7 Å². The summed E-state index contributed by atoms with van der Waals surface area (Å²) in [5.41, 5.74) is 1.54. The Morgan fingerprint density at radius 1 is 1.14 bits per heavy atom. The fourth-order valence-corrected chi connectivity index (χ4v) is 3.05. The number of para-hydroxylation sites is 1. The van der Waals surface area contributed by atoms with Crippen LogP contribution in [0.2, 0.25) is 0 Å². The van der Waals surface area contributed by atoms with E-state index in [1.165, 1.54) is 0 Å². The molecule has 0 atom stereocenters. The van der Waals surface area contributed by atoms with E-state index in [1.807, 2.05) is 30.3 Å². The molecular formula is C21H18N4O4. The molecule has 0 bridgehead atoms. The predicted octanol–water partition coefficient (Wildman–Crippen LogP) is 3.01.